The van der Waals surface area contributed by atoms with Gasteiger partial charge in [0.15, 0.2) is 0 Å². The van der Waals surface area contributed by atoms with Gasteiger partial charge in [-0.2, -0.15) is 0 Å². The third kappa shape index (κ3) is 3.23. The summed E-state index contributed by atoms with van der Waals surface area (Å²) in [4.78, 5) is 14.5. The lowest BCUT2D eigenvalue weighted by molar-refractivity contribution is -0.136. The molecule has 1 saturated carbocycles. The molecule has 2 N–H and O–H groups in total. The number of rotatable bonds is 4. The minimum atomic E-state index is 0.242. The first-order valence-corrected chi connectivity index (χ1v) is 7.26. The van der Waals surface area contributed by atoms with Crippen molar-refractivity contribution in [1.82, 2.24) is 4.90 Å². The highest BCUT2D eigenvalue weighted by Gasteiger charge is 2.33. The molecule has 18 heavy (non-hydrogen) atoms. The van der Waals surface area contributed by atoms with Gasteiger partial charge in [0.25, 0.3) is 0 Å². The number of carbonyl (C=O) groups is 1. The maximum absolute atomic E-state index is 12.5. The van der Waals surface area contributed by atoms with E-state index in [4.69, 9.17) is 10.5 Å². The Kier molecular flexibility index (Phi) is 5.01. The Morgan fingerprint density at radius 2 is 2.22 bits per heavy atom. The van der Waals surface area contributed by atoms with Crippen LogP contribution in [0.5, 0.6) is 0 Å². The number of methoxy groups -OCH3 is 1. The van der Waals surface area contributed by atoms with E-state index in [0.717, 1.165) is 45.3 Å². The number of ether oxygens (including phenoxy) is 1. The fraction of sp³-hybridized carbons (Fsp3) is 0.929. The molecule has 0 bridgehead atoms. The summed E-state index contributed by atoms with van der Waals surface area (Å²) >= 11 is 0. The topological polar surface area (TPSA) is 55.6 Å². The van der Waals surface area contributed by atoms with Gasteiger partial charge in [0, 0.05) is 26.1 Å². The molecule has 1 aliphatic carbocycles. The van der Waals surface area contributed by atoms with Crippen molar-refractivity contribution in [3.63, 3.8) is 0 Å². The molecule has 1 aliphatic heterocycles. The molecule has 4 heteroatoms. The van der Waals surface area contributed by atoms with Crippen LogP contribution in [0, 0.1) is 11.8 Å². The summed E-state index contributed by atoms with van der Waals surface area (Å²) < 4.78 is 5.33. The fourth-order valence-electron chi connectivity index (χ4n) is 3.39. The lowest BCUT2D eigenvalue weighted by Crippen LogP contribution is -2.37. The summed E-state index contributed by atoms with van der Waals surface area (Å²) in [6.45, 7) is 2.41. The first kappa shape index (κ1) is 13.8. The molecule has 0 aromatic rings. The van der Waals surface area contributed by atoms with Crippen LogP contribution in [-0.2, 0) is 9.53 Å². The van der Waals surface area contributed by atoms with Crippen molar-refractivity contribution in [2.24, 2.45) is 17.6 Å². The predicted octanol–water partition coefficient (Wildman–Crippen LogP) is 1.39. The minimum absolute atomic E-state index is 0.242. The summed E-state index contributed by atoms with van der Waals surface area (Å²) in [6.07, 6.45) is 6.85. The molecule has 2 rings (SSSR count). The highest BCUT2D eigenvalue weighted by Crippen LogP contribution is 2.32. The van der Waals surface area contributed by atoms with Crippen molar-refractivity contribution in [2.45, 2.75) is 44.6 Å². The van der Waals surface area contributed by atoms with Crippen molar-refractivity contribution in [2.75, 3.05) is 26.7 Å². The van der Waals surface area contributed by atoms with Crippen LogP contribution in [0.4, 0.5) is 0 Å². The molecule has 4 nitrogen and oxygen atoms in total. The lowest BCUT2D eigenvalue weighted by Gasteiger charge is -2.31. The van der Waals surface area contributed by atoms with E-state index >= 15 is 0 Å². The summed E-state index contributed by atoms with van der Waals surface area (Å²) in [5, 5.41) is 0. The molecule has 2 aliphatic rings. The third-order valence-corrected chi connectivity index (χ3v) is 4.50. The van der Waals surface area contributed by atoms with Gasteiger partial charge < -0.3 is 15.4 Å². The Balaban J connectivity index is 1.85. The van der Waals surface area contributed by atoms with Crippen molar-refractivity contribution in [1.29, 1.82) is 0 Å². The Hall–Kier alpha value is -0.610. The Bertz CT molecular complexity index is 281. The average Bonchev–Trinajstić information content (AvgIpc) is 2.87. The molecular weight excluding hydrogens is 228 g/mol. The first-order chi connectivity index (χ1) is 8.74. The van der Waals surface area contributed by atoms with E-state index in [0.29, 0.717) is 11.8 Å². The van der Waals surface area contributed by atoms with Crippen LogP contribution in [0.25, 0.3) is 0 Å². The molecular formula is C14H26N2O2. The highest BCUT2D eigenvalue weighted by atomic mass is 16.5. The lowest BCUT2D eigenvalue weighted by atomic mass is 9.79. The second-order valence-corrected chi connectivity index (χ2v) is 5.74. The standard InChI is InChI=1S/C14H26N2O2/c1-18-13-6-8-16(10-13)14(17)12-4-2-3-11(9-12)5-7-15/h11-13H,2-10,15H2,1H3. The number of nitrogens with zero attached hydrogens (tertiary/aromatic N) is 1. The van der Waals surface area contributed by atoms with Gasteiger partial charge >= 0.3 is 0 Å². The number of hydrogen-bond donors (Lipinski definition) is 1. The van der Waals surface area contributed by atoms with E-state index in [2.05, 4.69) is 0 Å². The highest BCUT2D eigenvalue weighted by molar-refractivity contribution is 5.79. The van der Waals surface area contributed by atoms with Crippen molar-refractivity contribution in [3.05, 3.63) is 0 Å². The molecule has 3 unspecified atom stereocenters. The first-order valence-electron chi connectivity index (χ1n) is 7.26. The molecule has 1 saturated heterocycles. The van der Waals surface area contributed by atoms with E-state index in [1.54, 1.807) is 7.11 Å². The maximum Gasteiger partial charge on any atom is 0.225 e. The van der Waals surface area contributed by atoms with Gasteiger partial charge in [-0.25, -0.2) is 0 Å². The van der Waals surface area contributed by atoms with Crippen molar-refractivity contribution in [3.8, 4) is 0 Å². The maximum atomic E-state index is 12.5. The number of hydrogen-bond acceptors (Lipinski definition) is 3. The average molecular weight is 254 g/mol. The van der Waals surface area contributed by atoms with Gasteiger partial charge in [-0.1, -0.05) is 12.8 Å². The SMILES string of the molecule is COC1CCN(C(=O)C2CCCC(CCN)C2)C1. The minimum Gasteiger partial charge on any atom is -0.380 e. The quantitative estimate of drug-likeness (QED) is 0.825. The second kappa shape index (κ2) is 6.53. The molecule has 2 fully saturated rings. The third-order valence-electron chi connectivity index (χ3n) is 4.50. The molecule has 0 radical (unpaired) electrons. The molecule has 0 aromatic heterocycles. The smallest absolute Gasteiger partial charge is 0.225 e. The summed E-state index contributed by atoms with van der Waals surface area (Å²) in [6, 6.07) is 0. The van der Waals surface area contributed by atoms with Crippen LogP contribution >= 0.6 is 0 Å². The van der Waals surface area contributed by atoms with Crippen molar-refractivity contribution >= 4 is 5.91 Å². The normalized spacial score (nSPS) is 32.8. The number of likely N-dealkylation sites (tertiary alicyclic amines) is 1. The second-order valence-electron chi connectivity index (χ2n) is 5.74. The number of nitrogens with two attached hydrogens (primary N) is 1. The van der Waals surface area contributed by atoms with Crippen LogP contribution in [0.1, 0.15) is 38.5 Å². The van der Waals surface area contributed by atoms with E-state index in [1.165, 1.54) is 12.8 Å². The van der Waals surface area contributed by atoms with E-state index < -0.39 is 0 Å². The van der Waals surface area contributed by atoms with Crippen LogP contribution in [0.3, 0.4) is 0 Å². The molecule has 0 spiro atoms. The van der Waals surface area contributed by atoms with Crippen LogP contribution in [-0.4, -0.2) is 43.7 Å². The van der Waals surface area contributed by atoms with Gasteiger partial charge in [0.05, 0.1) is 6.10 Å². The Morgan fingerprint density at radius 1 is 1.39 bits per heavy atom. The summed E-state index contributed by atoms with van der Waals surface area (Å²) in [7, 11) is 1.73. The van der Waals surface area contributed by atoms with Gasteiger partial charge in [-0.15, -0.1) is 0 Å². The fourth-order valence-corrected chi connectivity index (χ4v) is 3.39. The van der Waals surface area contributed by atoms with Gasteiger partial charge in [0.2, 0.25) is 5.91 Å². The van der Waals surface area contributed by atoms with Gasteiger partial charge in [-0.05, 0) is 38.1 Å². The largest absolute Gasteiger partial charge is 0.380 e. The van der Waals surface area contributed by atoms with E-state index in [9.17, 15) is 4.79 Å². The van der Waals surface area contributed by atoms with E-state index in [-0.39, 0.29) is 12.0 Å². The van der Waals surface area contributed by atoms with Crippen LogP contribution in [0.2, 0.25) is 0 Å². The molecule has 1 heterocycles. The summed E-state index contributed by atoms with van der Waals surface area (Å²) in [5.74, 6) is 1.26. The Labute approximate surface area is 110 Å². The molecule has 104 valence electrons. The number of carbonyl (C=O) groups excluding carboxylic acids is 1. The van der Waals surface area contributed by atoms with Crippen LogP contribution in [0.15, 0.2) is 0 Å². The van der Waals surface area contributed by atoms with Gasteiger partial charge in [-0.3, -0.25) is 4.79 Å². The zero-order valence-electron chi connectivity index (χ0n) is 11.4. The molecule has 0 aromatic carbocycles. The van der Waals surface area contributed by atoms with E-state index in [1.807, 2.05) is 4.90 Å². The van der Waals surface area contributed by atoms with Crippen LogP contribution < -0.4 is 5.73 Å². The molecule has 1 amide bonds. The number of amides is 1. The monoisotopic (exact) mass is 254 g/mol. The van der Waals surface area contributed by atoms with Gasteiger partial charge in [0.1, 0.15) is 0 Å². The Morgan fingerprint density at radius 3 is 2.89 bits per heavy atom. The zero-order valence-corrected chi connectivity index (χ0v) is 11.4. The summed E-state index contributed by atoms with van der Waals surface area (Å²) in [5.41, 5.74) is 5.63. The van der Waals surface area contributed by atoms with Crippen molar-refractivity contribution < 1.29 is 9.53 Å². The zero-order chi connectivity index (χ0) is 13.0. The predicted molar refractivity (Wildman–Crippen MR) is 71.1 cm³/mol. The molecule has 3 atom stereocenters.